The number of rotatable bonds is 5. The van der Waals surface area contributed by atoms with E-state index in [9.17, 15) is 4.39 Å². The van der Waals surface area contributed by atoms with Crippen LogP contribution in [-0.4, -0.2) is 49.1 Å². The fraction of sp³-hybridized carbons (Fsp3) is 0.625. The maximum atomic E-state index is 12.9. The number of benzene rings is 1. The molecule has 20 heavy (non-hydrogen) atoms. The van der Waals surface area contributed by atoms with Crippen molar-refractivity contribution in [1.29, 1.82) is 0 Å². The quantitative estimate of drug-likeness (QED) is 0.897. The van der Waals surface area contributed by atoms with E-state index >= 15 is 0 Å². The van der Waals surface area contributed by atoms with E-state index in [0.29, 0.717) is 6.04 Å². The summed E-state index contributed by atoms with van der Waals surface area (Å²) in [6.07, 6.45) is 2.11. The minimum atomic E-state index is -0.203. The zero-order valence-electron chi connectivity index (χ0n) is 12.6. The van der Waals surface area contributed by atoms with Gasteiger partial charge in [0, 0.05) is 38.3 Å². The molecule has 0 aromatic heterocycles. The Balaban J connectivity index is 1.81. The summed E-state index contributed by atoms with van der Waals surface area (Å²) >= 11 is 0. The molecule has 0 bridgehead atoms. The number of nitrogens with two attached hydrogens (primary N) is 1. The first kappa shape index (κ1) is 15.4. The Morgan fingerprint density at radius 2 is 2.00 bits per heavy atom. The van der Waals surface area contributed by atoms with Gasteiger partial charge in [0.2, 0.25) is 0 Å². The van der Waals surface area contributed by atoms with Crippen LogP contribution in [0.15, 0.2) is 24.3 Å². The highest BCUT2D eigenvalue weighted by molar-refractivity contribution is 5.19. The van der Waals surface area contributed by atoms with Gasteiger partial charge in [-0.1, -0.05) is 19.1 Å². The van der Waals surface area contributed by atoms with Crippen LogP contribution in [0.1, 0.15) is 31.4 Å². The SMILES string of the molecule is CCC1CN(CCC(N)c2ccc(F)cc2)CCN1C. The van der Waals surface area contributed by atoms with Gasteiger partial charge in [-0.3, -0.25) is 0 Å². The molecule has 1 aromatic rings. The Morgan fingerprint density at radius 3 is 2.65 bits per heavy atom. The molecule has 1 aromatic carbocycles. The highest BCUT2D eigenvalue weighted by atomic mass is 19.1. The van der Waals surface area contributed by atoms with Crippen molar-refractivity contribution in [2.24, 2.45) is 5.73 Å². The zero-order valence-corrected chi connectivity index (χ0v) is 12.6. The number of hydrogen-bond donors (Lipinski definition) is 1. The van der Waals surface area contributed by atoms with Crippen LogP contribution in [0.2, 0.25) is 0 Å². The molecule has 112 valence electrons. The van der Waals surface area contributed by atoms with E-state index in [1.165, 1.54) is 18.6 Å². The molecule has 0 amide bonds. The van der Waals surface area contributed by atoms with E-state index in [1.54, 1.807) is 12.1 Å². The maximum Gasteiger partial charge on any atom is 0.123 e. The number of hydrogen-bond acceptors (Lipinski definition) is 3. The van der Waals surface area contributed by atoms with Gasteiger partial charge in [-0.15, -0.1) is 0 Å². The van der Waals surface area contributed by atoms with Gasteiger partial charge in [0.05, 0.1) is 0 Å². The predicted molar refractivity (Wildman–Crippen MR) is 81.1 cm³/mol. The van der Waals surface area contributed by atoms with E-state index in [-0.39, 0.29) is 11.9 Å². The summed E-state index contributed by atoms with van der Waals surface area (Å²) in [5, 5.41) is 0. The molecule has 0 saturated carbocycles. The van der Waals surface area contributed by atoms with Gasteiger partial charge >= 0.3 is 0 Å². The van der Waals surface area contributed by atoms with Crippen molar-refractivity contribution in [3.63, 3.8) is 0 Å². The minimum Gasteiger partial charge on any atom is -0.324 e. The Kier molecular flexibility index (Phi) is 5.52. The molecule has 1 heterocycles. The van der Waals surface area contributed by atoms with Crippen molar-refractivity contribution in [1.82, 2.24) is 9.80 Å². The van der Waals surface area contributed by atoms with Crippen LogP contribution in [0.4, 0.5) is 4.39 Å². The molecule has 1 fully saturated rings. The predicted octanol–water partition coefficient (Wildman–Crippen LogP) is 2.24. The Hall–Kier alpha value is -0.970. The third kappa shape index (κ3) is 4.01. The van der Waals surface area contributed by atoms with Gasteiger partial charge in [-0.25, -0.2) is 4.39 Å². The molecule has 4 heteroatoms. The second kappa shape index (κ2) is 7.16. The molecule has 0 spiro atoms. The van der Waals surface area contributed by atoms with E-state index in [4.69, 9.17) is 5.73 Å². The lowest BCUT2D eigenvalue weighted by atomic mass is 10.0. The van der Waals surface area contributed by atoms with Crippen molar-refractivity contribution >= 4 is 0 Å². The van der Waals surface area contributed by atoms with Gasteiger partial charge < -0.3 is 15.5 Å². The van der Waals surface area contributed by atoms with Gasteiger partial charge in [0.25, 0.3) is 0 Å². The zero-order chi connectivity index (χ0) is 14.5. The Bertz CT molecular complexity index is 407. The van der Waals surface area contributed by atoms with Gasteiger partial charge in [-0.2, -0.15) is 0 Å². The molecule has 2 atom stereocenters. The lowest BCUT2D eigenvalue weighted by Gasteiger charge is -2.39. The van der Waals surface area contributed by atoms with E-state index in [2.05, 4.69) is 23.8 Å². The van der Waals surface area contributed by atoms with Crippen molar-refractivity contribution in [2.75, 3.05) is 33.2 Å². The van der Waals surface area contributed by atoms with Gasteiger partial charge in [0.1, 0.15) is 5.82 Å². The molecule has 2 N–H and O–H groups in total. The number of likely N-dealkylation sites (N-methyl/N-ethyl adjacent to an activating group) is 1. The fourth-order valence-corrected chi connectivity index (χ4v) is 2.85. The molecule has 1 aliphatic heterocycles. The second-order valence-corrected chi connectivity index (χ2v) is 5.79. The average Bonchev–Trinajstić information content (AvgIpc) is 2.46. The molecule has 3 nitrogen and oxygen atoms in total. The third-order valence-electron chi connectivity index (χ3n) is 4.39. The van der Waals surface area contributed by atoms with Crippen molar-refractivity contribution < 1.29 is 4.39 Å². The van der Waals surface area contributed by atoms with Crippen molar-refractivity contribution in [3.8, 4) is 0 Å². The molecule has 0 radical (unpaired) electrons. The van der Waals surface area contributed by atoms with Gasteiger partial charge in [0.15, 0.2) is 0 Å². The van der Waals surface area contributed by atoms with E-state index < -0.39 is 0 Å². The minimum absolute atomic E-state index is 0.00432. The average molecular weight is 279 g/mol. The molecular weight excluding hydrogens is 253 g/mol. The third-order valence-corrected chi connectivity index (χ3v) is 4.39. The molecule has 1 saturated heterocycles. The highest BCUT2D eigenvalue weighted by Gasteiger charge is 2.22. The lowest BCUT2D eigenvalue weighted by molar-refractivity contribution is 0.0911. The number of halogens is 1. The Labute approximate surface area is 121 Å². The van der Waals surface area contributed by atoms with Crippen LogP contribution < -0.4 is 5.73 Å². The summed E-state index contributed by atoms with van der Waals surface area (Å²) in [5.41, 5.74) is 7.22. The number of nitrogens with zero attached hydrogens (tertiary/aromatic N) is 2. The monoisotopic (exact) mass is 279 g/mol. The molecular formula is C16H26FN3. The topological polar surface area (TPSA) is 32.5 Å². The van der Waals surface area contributed by atoms with Crippen LogP contribution >= 0.6 is 0 Å². The largest absolute Gasteiger partial charge is 0.324 e. The summed E-state index contributed by atoms with van der Waals surface area (Å²) in [5.74, 6) is -0.203. The van der Waals surface area contributed by atoms with Crippen molar-refractivity contribution in [3.05, 3.63) is 35.6 Å². The van der Waals surface area contributed by atoms with Crippen LogP contribution in [0.3, 0.4) is 0 Å². The summed E-state index contributed by atoms with van der Waals surface area (Å²) < 4.78 is 12.9. The standard InChI is InChI=1S/C16H26FN3/c1-3-15-12-20(11-10-19(15)2)9-8-16(18)13-4-6-14(17)7-5-13/h4-7,15-16H,3,8-12,18H2,1-2H3. The summed E-state index contributed by atoms with van der Waals surface area (Å²) in [4.78, 5) is 4.94. The molecule has 2 unspecified atom stereocenters. The highest BCUT2D eigenvalue weighted by Crippen LogP contribution is 2.17. The first-order valence-corrected chi connectivity index (χ1v) is 7.53. The van der Waals surface area contributed by atoms with E-state index in [0.717, 1.165) is 38.2 Å². The van der Waals surface area contributed by atoms with Crippen LogP contribution in [-0.2, 0) is 0 Å². The fourth-order valence-electron chi connectivity index (χ4n) is 2.85. The van der Waals surface area contributed by atoms with Gasteiger partial charge in [-0.05, 0) is 37.6 Å². The summed E-state index contributed by atoms with van der Waals surface area (Å²) in [7, 11) is 2.20. The molecule has 2 rings (SSSR count). The van der Waals surface area contributed by atoms with Crippen LogP contribution in [0, 0.1) is 5.82 Å². The first-order valence-electron chi connectivity index (χ1n) is 7.53. The second-order valence-electron chi connectivity index (χ2n) is 5.79. The first-order chi connectivity index (χ1) is 9.60. The van der Waals surface area contributed by atoms with Crippen LogP contribution in [0.5, 0.6) is 0 Å². The maximum absolute atomic E-state index is 12.9. The normalized spacial score (nSPS) is 22.9. The van der Waals surface area contributed by atoms with Crippen LogP contribution in [0.25, 0.3) is 0 Å². The Morgan fingerprint density at radius 1 is 1.30 bits per heavy atom. The smallest absolute Gasteiger partial charge is 0.123 e. The lowest BCUT2D eigenvalue weighted by Crippen LogP contribution is -2.51. The molecule has 0 aliphatic carbocycles. The summed E-state index contributed by atoms with van der Waals surface area (Å²) in [6.45, 7) is 6.63. The van der Waals surface area contributed by atoms with E-state index in [1.807, 2.05) is 0 Å². The molecule has 1 aliphatic rings. The summed E-state index contributed by atoms with van der Waals surface area (Å²) in [6, 6.07) is 7.20. The van der Waals surface area contributed by atoms with Crippen molar-refractivity contribution in [2.45, 2.75) is 31.8 Å². The number of piperazine rings is 1.